The van der Waals surface area contributed by atoms with Crippen molar-refractivity contribution in [3.63, 3.8) is 0 Å². The van der Waals surface area contributed by atoms with E-state index in [9.17, 15) is 4.79 Å². The Bertz CT molecular complexity index is 957. The maximum atomic E-state index is 11.8. The number of amides is 1. The summed E-state index contributed by atoms with van der Waals surface area (Å²) in [4.78, 5) is 16.1. The molecule has 0 bridgehead atoms. The number of aromatic nitrogens is 5. The third-order valence-electron chi connectivity index (χ3n) is 3.33. The van der Waals surface area contributed by atoms with E-state index < -0.39 is 0 Å². The first-order chi connectivity index (χ1) is 12.3. The van der Waals surface area contributed by atoms with Gasteiger partial charge in [0.1, 0.15) is 0 Å². The minimum atomic E-state index is -0.275. The molecule has 0 saturated carbocycles. The summed E-state index contributed by atoms with van der Waals surface area (Å²) < 4.78 is 11.8. The van der Waals surface area contributed by atoms with E-state index in [4.69, 9.17) is 8.94 Å². The van der Waals surface area contributed by atoms with Crippen LogP contribution in [-0.2, 0) is 6.54 Å². The average Bonchev–Trinajstić information content (AvgIpc) is 3.42. The zero-order chi connectivity index (χ0) is 17.1. The Morgan fingerprint density at radius 2 is 2.32 bits per heavy atom. The summed E-state index contributed by atoms with van der Waals surface area (Å²) in [5.74, 6) is 0.803. The maximum absolute atomic E-state index is 11.8. The molecule has 1 amide bonds. The first-order valence-electron chi connectivity index (χ1n) is 7.38. The van der Waals surface area contributed by atoms with Gasteiger partial charge in [-0.1, -0.05) is 10.4 Å². The number of nitrogens with zero attached hydrogens (tertiary/aromatic N) is 5. The highest BCUT2D eigenvalue weighted by atomic mass is 32.1. The zero-order valence-electron chi connectivity index (χ0n) is 12.8. The molecule has 9 nitrogen and oxygen atoms in total. The number of carbonyl (C=O) groups excluding carboxylic acids is 1. The lowest BCUT2D eigenvalue weighted by molar-refractivity contribution is 0.0924. The van der Waals surface area contributed by atoms with Gasteiger partial charge in [0.2, 0.25) is 5.82 Å². The third-order valence-corrected chi connectivity index (χ3v) is 4.02. The number of furan rings is 1. The van der Waals surface area contributed by atoms with Gasteiger partial charge in [0.25, 0.3) is 11.8 Å². The van der Waals surface area contributed by atoms with E-state index in [2.05, 4.69) is 25.8 Å². The number of carbonyl (C=O) groups is 1. The standard InChI is InChI=1S/C15H12N6O3S/c22-14(12-2-1-6-23-12)16-4-5-21-8-11(18-20-21)15-17-13(19-24-15)10-3-7-25-9-10/h1-3,6-9H,4-5H2,(H,16,22). The smallest absolute Gasteiger partial charge is 0.287 e. The van der Waals surface area contributed by atoms with Crippen molar-refractivity contribution in [2.24, 2.45) is 0 Å². The summed E-state index contributed by atoms with van der Waals surface area (Å²) in [5, 5.41) is 18.6. The molecule has 10 heteroatoms. The van der Waals surface area contributed by atoms with Crippen LogP contribution in [0.3, 0.4) is 0 Å². The van der Waals surface area contributed by atoms with Gasteiger partial charge in [-0.2, -0.15) is 16.3 Å². The molecule has 126 valence electrons. The highest BCUT2D eigenvalue weighted by Crippen LogP contribution is 2.22. The Labute approximate surface area is 145 Å². The molecule has 0 aliphatic heterocycles. The van der Waals surface area contributed by atoms with Crippen molar-refractivity contribution >= 4 is 17.2 Å². The van der Waals surface area contributed by atoms with Crippen LogP contribution in [0.5, 0.6) is 0 Å². The second kappa shape index (κ2) is 6.69. The van der Waals surface area contributed by atoms with E-state index >= 15 is 0 Å². The molecule has 0 atom stereocenters. The van der Waals surface area contributed by atoms with E-state index in [0.29, 0.717) is 30.5 Å². The molecule has 4 aromatic rings. The summed E-state index contributed by atoms with van der Waals surface area (Å²) in [5.41, 5.74) is 1.37. The average molecular weight is 356 g/mol. The number of nitrogens with one attached hydrogen (secondary N) is 1. The van der Waals surface area contributed by atoms with Crippen LogP contribution in [0.1, 0.15) is 10.6 Å². The maximum Gasteiger partial charge on any atom is 0.287 e. The first-order valence-corrected chi connectivity index (χ1v) is 8.32. The van der Waals surface area contributed by atoms with Crippen molar-refractivity contribution in [1.29, 1.82) is 0 Å². The lowest BCUT2D eigenvalue weighted by Crippen LogP contribution is -2.27. The largest absolute Gasteiger partial charge is 0.459 e. The Hall–Kier alpha value is -3.27. The molecule has 4 rings (SSSR count). The molecule has 1 N–H and O–H groups in total. The van der Waals surface area contributed by atoms with Crippen molar-refractivity contribution in [2.45, 2.75) is 6.54 Å². The SMILES string of the molecule is O=C(NCCn1cc(-c2nc(-c3ccsc3)no2)nn1)c1ccco1. The molecule has 0 saturated heterocycles. The van der Waals surface area contributed by atoms with Crippen LogP contribution in [0.2, 0.25) is 0 Å². The molecule has 4 aromatic heterocycles. The molecule has 0 spiro atoms. The Morgan fingerprint density at radius 3 is 3.12 bits per heavy atom. The Balaban J connectivity index is 1.37. The quantitative estimate of drug-likeness (QED) is 0.563. The number of rotatable bonds is 6. The van der Waals surface area contributed by atoms with Gasteiger partial charge in [-0.05, 0) is 23.6 Å². The van der Waals surface area contributed by atoms with Gasteiger partial charge >= 0.3 is 0 Å². The predicted octanol–water partition coefficient (Wildman–Crippen LogP) is 2.08. The van der Waals surface area contributed by atoms with Gasteiger partial charge in [0.05, 0.1) is 19.0 Å². The summed E-state index contributed by atoms with van der Waals surface area (Å²) >= 11 is 1.56. The second-order valence-corrected chi connectivity index (χ2v) is 5.82. The van der Waals surface area contributed by atoms with Crippen molar-refractivity contribution in [1.82, 2.24) is 30.5 Å². The van der Waals surface area contributed by atoms with Crippen LogP contribution < -0.4 is 5.32 Å². The fourth-order valence-corrected chi connectivity index (χ4v) is 2.76. The fourth-order valence-electron chi connectivity index (χ4n) is 2.12. The molecule has 0 fully saturated rings. The number of hydrogen-bond donors (Lipinski definition) is 1. The van der Waals surface area contributed by atoms with Crippen molar-refractivity contribution < 1.29 is 13.7 Å². The highest BCUT2D eigenvalue weighted by molar-refractivity contribution is 7.08. The number of hydrogen-bond acceptors (Lipinski definition) is 8. The molecule has 4 heterocycles. The lowest BCUT2D eigenvalue weighted by atomic mass is 10.3. The Kier molecular flexibility index (Phi) is 4.09. The van der Waals surface area contributed by atoms with E-state index in [1.165, 1.54) is 6.26 Å². The third kappa shape index (κ3) is 3.33. The summed E-state index contributed by atoms with van der Waals surface area (Å²) in [6.45, 7) is 0.831. The van der Waals surface area contributed by atoms with Crippen LogP contribution in [0.15, 0.2) is 50.4 Å². The minimum absolute atomic E-state index is 0.270. The molecule has 0 unspecified atom stereocenters. The lowest BCUT2D eigenvalue weighted by Gasteiger charge is -2.02. The summed E-state index contributed by atoms with van der Waals surface area (Å²) in [7, 11) is 0. The molecular weight excluding hydrogens is 344 g/mol. The number of thiophene rings is 1. The van der Waals surface area contributed by atoms with Gasteiger partial charge in [-0.3, -0.25) is 4.79 Å². The first kappa shape index (κ1) is 15.3. The van der Waals surface area contributed by atoms with Crippen molar-refractivity contribution in [3.05, 3.63) is 47.2 Å². The van der Waals surface area contributed by atoms with E-state index in [1.807, 2.05) is 16.8 Å². The van der Waals surface area contributed by atoms with Gasteiger partial charge in [-0.25, -0.2) is 4.68 Å². The van der Waals surface area contributed by atoms with Crippen LogP contribution in [0.25, 0.3) is 23.0 Å². The van der Waals surface area contributed by atoms with E-state index in [0.717, 1.165) is 5.56 Å². The molecule has 0 aromatic carbocycles. The summed E-state index contributed by atoms with van der Waals surface area (Å²) in [6.07, 6.45) is 3.14. The van der Waals surface area contributed by atoms with Gasteiger partial charge in [0, 0.05) is 17.5 Å². The van der Waals surface area contributed by atoms with Crippen molar-refractivity contribution in [3.8, 4) is 23.0 Å². The molecule has 0 radical (unpaired) electrons. The van der Waals surface area contributed by atoms with Crippen LogP contribution in [0.4, 0.5) is 0 Å². The monoisotopic (exact) mass is 356 g/mol. The predicted molar refractivity (Wildman–Crippen MR) is 87.7 cm³/mol. The van der Waals surface area contributed by atoms with Crippen LogP contribution in [-0.4, -0.2) is 37.6 Å². The van der Waals surface area contributed by atoms with Crippen LogP contribution >= 0.6 is 11.3 Å². The normalized spacial score (nSPS) is 10.9. The Morgan fingerprint density at radius 1 is 1.36 bits per heavy atom. The van der Waals surface area contributed by atoms with Crippen molar-refractivity contribution in [2.75, 3.05) is 6.54 Å². The highest BCUT2D eigenvalue weighted by Gasteiger charge is 2.14. The molecule has 0 aliphatic rings. The van der Waals surface area contributed by atoms with E-state index in [-0.39, 0.29) is 11.7 Å². The van der Waals surface area contributed by atoms with Gasteiger partial charge in [0.15, 0.2) is 11.5 Å². The van der Waals surface area contributed by atoms with Gasteiger partial charge in [-0.15, -0.1) is 5.10 Å². The molecule has 25 heavy (non-hydrogen) atoms. The van der Waals surface area contributed by atoms with Gasteiger partial charge < -0.3 is 14.3 Å². The second-order valence-electron chi connectivity index (χ2n) is 5.04. The topological polar surface area (TPSA) is 112 Å². The zero-order valence-corrected chi connectivity index (χ0v) is 13.6. The molecule has 0 aliphatic carbocycles. The summed E-state index contributed by atoms with van der Waals surface area (Å²) in [6, 6.07) is 5.18. The molecular formula is C15H12N6O3S. The minimum Gasteiger partial charge on any atom is -0.459 e. The van der Waals surface area contributed by atoms with Crippen LogP contribution in [0, 0.1) is 0 Å². The van der Waals surface area contributed by atoms with E-state index in [1.54, 1.807) is 34.3 Å². The fraction of sp³-hybridized carbons (Fsp3) is 0.133.